The van der Waals surface area contributed by atoms with E-state index >= 15 is 0 Å². The highest BCUT2D eigenvalue weighted by Crippen LogP contribution is 2.23. The summed E-state index contributed by atoms with van der Waals surface area (Å²) in [4.78, 5) is 0. The van der Waals surface area contributed by atoms with E-state index in [1.165, 1.54) is 25.7 Å². The van der Waals surface area contributed by atoms with Crippen molar-refractivity contribution in [2.75, 3.05) is 0 Å². The monoisotopic (exact) mass is 193 g/mol. The summed E-state index contributed by atoms with van der Waals surface area (Å²) in [6.45, 7) is 3.22. The van der Waals surface area contributed by atoms with Crippen LogP contribution in [0, 0.1) is 5.92 Å². The van der Waals surface area contributed by atoms with Crippen molar-refractivity contribution in [2.24, 2.45) is 5.92 Å². The minimum atomic E-state index is 0.689. The van der Waals surface area contributed by atoms with Crippen LogP contribution in [0.2, 0.25) is 0 Å². The predicted octanol–water partition coefficient (Wildman–Crippen LogP) is 2.95. The first-order chi connectivity index (χ1) is 6.86. The van der Waals surface area contributed by atoms with E-state index in [0.29, 0.717) is 6.04 Å². The van der Waals surface area contributed by atoms with Crippen LogP contribution in [0.15, 0.2) is 22.8 Å². The zero-order chi connectivity index (χ0) is 9.80. The standard InChI is InChI=1S/C12H19NO/c1-10-5-2-3-7-12(10)13-9-11-6-4-8-14-11/h4,6,8,10,12-13H,2-3,5,7,9H2,1H3. The molecular weight excluding hydrogens is 174 g/mol. The second-order valence-electron chi connectivity index (χ2n) is 4.33. The fourth-order valence-electron chi connectivity index (χ4n) is 2.26. The lowest BCUT2D eigenvalue weighted by Crippen LogP contribution is -2.36. The molecule has 1 heterocycles. The zero-order valence-electron chi connectivity index (χ0n) is 8.83. The maximum Gasteiger partial charge on any atom is 0.117 e. The summed E-state index contributed by atoms with van der Waals surface area (Å²) in [5.74, 6) is 1.86. The van der Waals surface area contributed by atoms with Crippen LogP contribution in [0.5, 0.6) is 0 Å². The topological polar surface area (TPSA) is 25.2 Å². The predicted molar refractivity (Wildman–Crippen MR) is 57.0 cm³/mol. The van der Waals surface area contributed by atoms with Gasteiger partial charge in [0.2, 0.25) is 0 Å². The number of hydrogen-bond donors (Lipinski definition) is 1. The Balaban J connectivity index is 1.79. The van der Waals surface area contributed by atoms with Crippen LogP contribution < -0.4 is 5.32 Å². The Labute approximate surface area is 85.7 Å². The van der Waals surface area contributed by atoms with Crippen molar-refractivity contribution >= 4 is 0 Å². The van der Waals surface area contributed by atoms with Gasteiger partial charge in [-0.15, -0.1) is 0 Å². The molecule has 2 heteroatoms. The fraction of sp³-hybridized carbons (Fsp3) is 0.667. The van der Waals surface area contributed by atoms with Crippen molar-refractivity contribution in [3.05, 3.63) is 24.2 Å². The van der Waals surface area contributed by atoms with E-state index in [4.69, 9.17) is 4.42 Å². The number of nitrogens with one attached hydrogen (secondary N) is 1. The summed E-state index contributed by atoms with van der Waals surface area (Å²) in [7, 11) is 0. The molecule has 78 valence electrons. The van der Waals surface area contributed by atoms with Gasteiger partial charge in [0.05, 0.1) is 12.8 Å². The smallest absolute Gasteiger partial charge is 0.117 e. The van der Waals surface area contributed by atoms with Gasteiger partial charge in [-0.25, -0.2) is 0 Å². The van der Waals surface area contributed by atoms with Crippen LogP contribution in [-0.2, 0) is 6.54 Å². The third-order valence-electron chi connectivity index (χ3n) is 3.23. The first kappa shape index (κ1) is 9.78. The summed E-state index contributed by atoms with van der Waals surface area (Å²) in [6.07, 6.45) is 7.21. The van der Waals surface area contributed by atoms with Crippen LogP contribution in [0.3, 0.4) is 0 Å². The van der Waals surface area contributed by atoms with Gasteiger partial charge in [-0.2, -0.15) is 0 Å². The molecular formula is C12H19NO. The minimum Gasteiger partial charge on any atom is -0.468 e. The van der Waals surface area contributed by atoms with Crippen LogP contribution in [0.4, 0.5) is 0 Å². The first-order valence-corrected chi connectivity index (χ1v) is 5.62. The van der Waals surface area contributed by atoms with Crippen LogP contribution >= 0.6 is 0 Å². The molecule has 1 aliphatic rings. The molecule has 2 nitrogen and oxygen atoms in total. The number of rotatable bonds is 3. The Morgan fingerprint density at radius 3 is 3.00 bits per heavy atom. The van der Waals surface area contributed by atoms with E-state index in [-0.39, 0.29) is 0 Å². The Kier molecular flexibility index (Phi) is 3.25. The van der Waals surface area contributed by atoms with Gasteiger partial charge in [0, 0.05) is 6.04 Å². The van der Waals surface area contributed by atoms with Crippen LogP contribution in [-0.4, -0.2) is 6.04 Å². The molecule has 1 N–H and O–H groups in total. The highest BCUT2D eigenvalue weighted by Gasteiger charge is 2.20. The van der Waals surface area contributed by atoms with Gasteiger partial charge >= 0.3 is 0 Å². The van der Waals surface area contributed by atoms with E-state index in [1.807, 2.05) is 12.1 Å². The van der Waals surface area contributed by atoms with E-state index < -0.39 is 0 Å². The van der Waals surface area contributed by atoms with Crippen molar-refractivity contribution in [1.29, 1.82) is 0 Å². The molecule has 1 fully saturated rings. The summed E-state index contributed by atoms with van der Waals surface area (Å²) >= 11 is 0. The molecule has 1 aliphatic carbocycles. The Morgan fingerprint density at radius 2 is 2.29 bits per heavy atom. The lowest BCUT2D eigenvalue weighted by molar-refractivity contribution is 0.273. The molecule has 0 aliphatic heterocycles. The Morgan fingerprint density at radius 1 is 1.43 bits per heavy atom. The van der Waals surface area contributed by atoms with E-state index in [1.54, 1.807) is 6.26 Å². The Bertz CT molecular complexity index is 255. The molecule has 0 aromatic carbocycles. The summed E-state index contributed by atoms with van der Waals surface area (Å²) < 4.78 is 5.30. The van der Waals surface area contributed by atoms with Gasteiger partial charge in [-0.05, 0) is 30.9 Å². The lowest BCUT2D eigenvalue weighted by atomic mass is 9.86. The normalized spacial score (nSPS) is 27.8. The lowest BCUT2D eigenvalue weighted by Gasteiger charge is -2.29. The second-order valence-corrected chi connectivity index (χ2v) is 4.33. The number of furan rings is 1. The van der Waals surface area contributed by atoms with Gasteiger partial charge in [0.25, 0.3) is 0 Å². The third-order valence-corrected chi connectivity index (χ3v) is 3.23. The maximum absolute atomic E-state index is 5.30. The minimum absolute atomic E-state index is 0.689. The van der Waals surface area contributed by atoms with Crippen LogP contribution in [0.25, 0.3) is 0 Å². The molecule has 2 rings (SSSR count). The highest BCUT2D eigenvalue weighted by molar-refractivity contribution is 4.98. The Hall–Kier alpha value is -0.760. The quantitative estimate of drug-likeness (QED) is 0.798. The SMILES string of the molecule is CC1CCCCC1NCc1ccco1. The van der Waals surface area contributed by atoms with Crippen molar-refractivity contribution in [1.82, 2.24) is 5.32 Å². The van der Waals surface area contributed by atoms with Crippen molar-refractivity contribution in [2.45, 2.75) is 45.2 Å². The summed E-state index contributed by atoms with van der Waals surface area (Å²) in [6, 6.07) is 4.66. The van der Waals surface area contributed by atoms with Crippen molar-refractivity contribution in [3.63, 3.8) is 0 Å². The number of hydrogen-bond acceptors (Lipinski definition) is 2. The molecule has 0 spiro atoms. The zero-order valence-corrected chi connectivity index (χ0v) is 8.83. The van der Waals surface area contributed by atoms with Gasteiger partial charge in [-0.1, -0.05) is 19.8 Å². The molecule has 2 atom stereocenters. The largest absolute Gasteiger partial charge is 0.468 e. The molecule has 1 aromatic rings. The average molecular weight is 193 g/mol. The van der Waals surface area contributed by atoms with E-state index in [9.17, 15) is 0 Å². The molecule has 0 radical (unpaired) electrons. The average Bonchev–Trinajstić information content (AvgIpc) is 2.69. The first-order valence-electron chi connectivity index (χ1n) is 5.62. The van der Waals surface area contributed by atoms with Crippen molar-refractivity contribution < 1.29 is 4.42 Å². The van der Waals surface area contributed by atoms with Gasteiger partial charge in [0.15, 0.2) is 0 Å². The van der Waals surface area contributed by atoms with Gasteiger partial charge in [0.1, 0.15) is 5.76 Å². The molecule has 1 aromatic heterocycles. The van der Waals surface area contributed by atoms with Gasteiger partial charge in [-0.3, -0.25) is 0 Å². The summed E-state index contributed by atoms with van der Waals surface area (Å²) in [5, 5.41) is 3.58. The second kappa shape index (κ2) is 4.65. The van der Waals surface area contributed by atoms with Gasteiger partial charge < -0.3 is 9.73 Å². The maximum atomic E-state index is 5.30. The molecule has 14 heavy (non-hydrogen) atoms. The van der Waals surface area contributed by atoms with Crippen LogP contribution in [0.1, 0.15) is 38.4 Å². The summed E-state index contributed by atoms with van der Waals surface area (Å²) in [5.41, 5.74) is 0. The highest BCUT2D eigenvalue weighted by atomic mass is 16.3. The molecule has 0 saturated heterocycles. The van der Waals surface area contributed by atoms with E-state index in [0.717, 1.165) is 18.2 Å². The van der Waals surface area contributed by atoms with Crippen molar-refractivity contribution in [3.8, 4) is 0 Å². The fourth-order valence-corrected chi connectivity index (χ4v) is 2.26. The molecule has 2 unspecified atom stereocenters. The molecule has 1 saturated carbocycles. The molecule has 0 bridgehead atoms. The molecule has 0 amide bonds. The third kappa shape index (κ3) is 2.38. The van der Waals surface area contributed by atoms with E-state index in [2.05, 4.69) is 12.2 Å².